The topological polar surface area (TPSA) is 38.3 Å². The number of nitrogens with one attached hydrogen (secondary N) is 1. The van der Waals surface area contributed by atoms with Gasteiger partial charge in [0.2, 0.25) is 0 Å². The number of anilines is 1. The number of carbonyl (C=O) groups excluding carboxylic acids is 1. The fourth-order valence-electron chi connectivity index (χ4n) is 2.12. The molecule has 0 unspecified atom stereocenters. The van der Waals surface area contributed by atoms with Crippen molar-refractivity contribution in [2.24, 2.45) is 0 Å². The van der Waals surface area contributed by atoms with E-state index in [0.717, 1.165) is 11.6 Å². The molecule has 128 valence electrons. The van der Waals surface area contributed by atoms with Crippen LogP contribution in [0.4, 0.5) is 14.5 Å². The van der Waals surface area contributed by atoms with E-state index in [1.54, 1.807) is 19.1 Å². The monoisotopic (exact) mass is 333 g/mol. The molecule has 0 radical (unpaired) electrons. The highest BCUT2D eigenvalue weighted by Crippen LogP contribution is 2.25. The van der Waals surface area contributed by atoms with Gasteiger partial charge in [-0.05, 0) is 42.2 Å². The Balaban J connectivity index is 2.01. The Hall–Kier alpha value is -2.43. The van der Waals surface area contributed by atoms with Crippen molar-refractivity contribution in [2.75, 3.05) is 5.32 Å². The number of hydrogen-bond acceptors (Lipinski definition) is 2. The summed E-state index contributed by atoms with van der Waals surface area (Å²) in [5, 5.41) is 2.39. The minimum absolute atomic E-state index is 0.0294. The number of amides is 1. The molecular weight excluding hydrogens is 312 g/mol. The first-order chi connectivity index (χ1) is 11.2. The van der Waals surface area contributed by atoms with Crippen molar-refractivity contribution >= 4 is 11.6 Å². The van der Waals surface area contributed by atoms with Crippen molar-refractivity contribution in [1.29, 1.82) is 0 Å². The van der Waals surface area contributed by atoms with Crippen LogP contribution in [0.3, 0.4) is 0 Å². The number of carbonyl (C=O) groups is 1. The highest BCUT2D eigenvalue weighted by molar-refractivity contribution is 5.94. The van der Waals surface area contributed by atoms with E-state index in [0.29, 0.717) is 11.8 Å². The Morgan fingerprint density at radius 2 is 1.71 bits per heavy atom. The summed E-state index contributed by atoms with van der Waals surface area (Å²) in [5.41, 5.74) is 1.10. The molecule has 0 heterocycles. The van der Waals surface area contributed by atoms with Crippen molar-refractivity contribution in [1.82, 2.24) is 0 Å². The molecule has 1 atom stereocenters. The third-order valence-corrected chi connectivity index (χ3v) is 3.59. The van der Waals surface area contributed by atoms with Crippen LogP contribution in [0.25, 0.3) is 0 Å². The maximum Gasteiger partial charge on any atom is 0.265 e. The van der Waals surface area contributed by atoms with Gasteiger partial charge in [-0.1, -0.05) is 32.9 Å². The van der Waals surface area contributed by atoms with Crippen LogP contribution in [0, 0.1) is 11.6 Å². The van der Waals surface area contributed by atoms with E-state index in [1.165, 1.54) is 6.07 Å². The summed E-state index contributed by atoms with van der Waals surface area (Å²) in [4.78, 5) is 12.1. The highest BCUT2D eigenvalue weighted by atomic mass is 19.1. The second-order valence-corrected chi connectivity index (χ2v) is 6.65. The SMILES string of the molecule is C[C@@H](Oc1ccc(C(C)(C)C)cc1)C(=O)Nc1ccc(F)cc1F. The third kappa shape index (κ3) is 4.54. The van der Waals surface area contributed by atoms with Crippen LogP contribution in [0.2, 0.25) is 0 Å². The Morgan fingerprint density at radius 3 is 2.25 bits per heavy atom. The van der Waals surface area contributed by atoms with E-state index in [2.05, 4.69) is 26.1 Å². The van der Waals surface area contributed by atoms with Crippen LogP contribution in [0.1, 0.15) is 33.3 Å². The Kier molecular flexibility index (Phi) is 5.22. The van der Waals surface area contributed by atoms with Crippen molar-refractivity contribution in [3.05, 3.63) is 59.7 Å². The van der Waals surface area contributed by atoms with Crippen LogP contribution in [0.5, 0.6) is 5.75 Å². The summed E-state index contributed by atoms with van der Waals surface area (Å²) in [7, 11) is 0. The lowest BCUT2D eigenvalue weighted by molar-refractivity contribution is -0.122. The maximum atomic E-state index is 13.6. The quantitative estimate of drug-likeness (QED) is 0.883. The predicted molar refractivity (Wildman–Crippen MR) is 90.2 cm³/mol. The van der Waals surface area contributed by atoms with Crippen molar-refractivity contribution in [3.63, 3.8) is 0 Å². The lowest BCUT2D eigenvalue weighted by Crippen LogP contribution is -2.30. The average molecular weight is 333 g/mol. The molecule has 0 aliphatic rings. The first-order valence-corrected chi connectivity index (χ1v) is 7.70. The van der Waals surface area contributed by atoms with Gasteiger partial charge in [0.05, 0.1) is 5.69 Å². The smallest absolute Gasteiger partial charge is 0.265 e. The molecule has 0 bridgehead atoms. The summed E-state index contributed by atoms with van der Waals surface area (Å²) in [6.07, 6.45) is -0.824. The zero-order valence-electron chi connectivity index (χ0n) is 14.2. The summed E-state index contributed by atoms with van der Waals surface area (Å²) >= 11 is 0. The minimum atomic E-state index is -0.829. The van der Waals surface area contributed by atoms with Gasteiger partial charge in [0.15, 0.2) is 6.10 Å². The van der Waals surface area contributed by atoms with Gasteiger partial charge in [0.1, 0.15) is 17.4 Å². The van der Waals surface area contributed by atoms with Gasteiger partial charge in [-0.15, -0.1) is 0 Å². The Morgan fingerprint density at radius 1 is 1.08 bits per heavy atom. The molecule has 0 spiro atoms. The van der Waals surface area contributed by atoms with Crippen molar-refractivity contribution in [2.45, 2.75) is 39.2 Å². The molecule has 2 aromatic rings. The van der Waals surface area contributed by atoms with Gasteiger partial charge in [0, 0.05) is 6.07 Å². The summed E-state index contributed by atoms with van der Waals surface area (Å²) in [5.74, 6) is -1.50. The van der Waals surface area contributed by atoms with E-state index < -0.39 is 23.6 Å². The van der Waals surface area contributed by atoms with E-state index in [-0.39, 0.29) is 11.1 Å². The zero-order chi connectivity index (χ0) is 17.9. The molecule has 1 N–H and O–H groups in total. The van der Waals surface area contributed by atoms with Gasteiger partial charge in [0.25, 0.3) is 5.91 Å². The zero-order valence-corrected chi connectivity index (χ0v) is 14.2. The number of rotatable bonds is 4. The van der Waals surface area contributed by atoms with E-state index in [4.69, 9.17) is 4.74 Å². The molecule has 2 rings (SSSR count). The molecule has 0 aliphatic carbocycles. The van der Waals surface area contributed by atoms with Crippen molar-refractivity contribution in [3.8, 4) is 5.75 Å². The Bertz CT molecular complexity index is 721. The summed E-state index contributed by atoms with van der Waals surface area (Å²) in [6.45, 7) is 7.89. The molecule has 5 heteroatoms. The van der Waals surface area contributed by atoms with E-state index in [9.17, 15) is 13.6 Å². The normalized spacial score (nSPS) is 12.6. The number of benzene rings is 2. The molecule has 2 aromatic carbocycles. The summed E-state index contributed by atoms with van der Waals surface area (Å²) < 4.78 is 32.0. The van der Waals surface area contributed by atoms with Crippen LogP contribution in [0.15, 0.2) is 42.5 Å². The number of hydrogen-bond donors (Lipinski definition) is 1. The fraction of sp³-hybridized carbons (Fsp3) is 0.316. The second-order valence-electron chi connectivity index (χ2n) is 6.65. The molecule has 0 aromatic heterocycles. The maximum absolute atomic E-state index is 13.6. The van der Waals surface area contributed by atoms with Gasteiger partial charge in [-0.2, -0.15) is 0 Å². The van der Waals surface area contributed by atoms with Crippen LogP contribution < -0.4 is 10.1 Å². The fourth-order valence-corrected chi connectivity index (χ4v) is 2.12. The largest absolute Gasteiger partial charge is 0.481 e. The van der Waals surface area contributed by atoms with E-state index >= 15 is 0 Å². The van der Waals surface area contributed by atoms with Crippen LogP contribution >= 0.6 is 0 Å². The lowest BCUT2D eigenvalue weighted by atomic mass is 9.87. The molecule has 0 saturated heterocycles. The average Bonchev–Trinajstić information content (AvgIpc) is 2.49. The van der Waals surface area contributed by atoms with Gasteiger partial charge in [-0.25, -0.2) is 8.78 Å². The first kappa shape index (κ1) is 17.9. The van der Waals surface area contributed by atoms with Crippen LogP contribution in [-0.2, 0) is 10.2 Å². The highest BCUT2D eigenvalue weighted by Gasteiger charge is 2.18. The molecule has 24 heavy (non-hydrogen) atoms. The summed E-state index contributed by atoms with van der Waals surface area (Å²) in [6, 6.07) is 10.4. The Labute approximate surface area is 140 Å². The molecule has 0 fully saturated rings. The van der Waals surface area contributed by atoms with Crippen LogP contribution in [-0.4, -0.2) is 12.0 Å². The minimum Gasteiger partial charge on any atom is -0.481 e. The van der Waals surface area contributed by atoms with E-state index in [1.807, 2.05) is 12.1 Å². The molecule has 3 nitrogen and oxygen atoms in total. The second kappa shape index (κ2) is 6.99. The molecule has 1 amide bonds. The van der Waals surface area contributed by atoms with Gasteiger partial charge >= 0.3 is 0 Å². The molecule has 0 saturated carbocycles. The number of halogens is 2. The number of ether oxygens (including phenoxy) is 1. The van der Waals surface area contributed by atoms with Gasteiger partial charge in [-0.3, -0.25) is 4.79 Å². The van der Waals surface area contributed by atoms with Crippen molar-refractivity contribution < 1.29 is 18.3 Å². The molecular formula is C19H21F2NO2. The lowest BCUT2D eigenvalue weighted by Gasteiger charge is -2.20. The third-order valence-electron chi connectivity index (χ3n) is 3.59. The standard InChI is InChI=1S/C19H21F2NO2/c1-12(18(23)22-17-10-7-14(20)11-16(17)21)24-15-8-5-13(6-9-15)19(2,3)4/h5-12H,1-4H3,(H,22,23)/t12-/m1/s1. The molecule has 0 aliphatic heterocycles. The first-order valence-electron chi connectivity index (χ1n) is 7.70. The van der Waals surface area contributed by atoms with Gasteiger partial charge < -0.3 is 10.1 Å². The predicted octanol–water partition coefficient (Wildman–Crippen LogP) is 4.67.